The van der Waals surface area contributed by atoms with Crippen molar-refractivity contribution >= 4 is 17.5 Å². The lowest BCUT2D eigenvalue weighted by Gasteiger charge is -2.18. The number of amides is 2. The van der Waals surface area contributed by atoms with Gasteiger partial charge in [-0.1, -0.05) is 18.2 Å². The predicted molar refractivity (Wildman–Crippen MR) is 76.4 cm³/mol. The van der Waals surface area contributed by atoms with Gasteiger partial charge in [-0.05, 0) is 19.1 Å². The van der Waals surface area contributed by atoms with E-state index in [4.69, 9.17) is 4.74 Å². The Hall–Kier alpha value is -1.88. The van der Waals surface area contributed by atoms with Crippen molar-refractivity contribution in [1.29, 1.82) is 0 Å². The minimum absolute atomic E-state index is 0.00394. The third kappa shape index (κ3) is 3.36. The first-order valence-electron chi connectivity index (χ1n) is 6.76. The molecule has 108 valence electrons. The highest BCUT2D eigenvalue weighted by Gasteiger charge is 2.35. The molecule has 5 nitrogen and oxygen atoms in total. The molecule has 0 radical (unpaired) electrons. The zero-order valence-electron chi connectivity index (χ0n) is 11.8. The summed E-state index contributed by atoms with van der Waals surface area (Å²) in [5.74, 6) is -0.376. The maximum atomic E-state index is 12.1. The molecular formula is C15H20N2O3. The van der Waals surface area contributed by atoms with Gasteiger partial charge < -0.3 is 15.0 Å². The van der Waals surface area contributed by atoms with E-state index in [-0.39, 0.29) is 30.2 Å². The molecule has 1 aromatic carbocycles. The zero-order chi connectivity index (χ0) is 14.5. The molecule has 1 heterocycles. The van der Waals surface area contributed by atoms with Crippen molar-refractivity contribution in [2.75, 3.05) is 25.2 Å². The van der Waals surface area contributed by atoms with Crippen molar-refractivity contribution in [3.63, 3.8) is 0 Å². The number of nitrogens with zero attached hydrogens (tertiary/aromatic N) is 1. The average molecular weight is 276 g/mol. The summed E-state index contributed by atoms with van der Waals surface area (Å²) in [4.78, 5) is 25.8. The van der Waals surface area contributed by atoms with Gasteiger partial charge in [0.25, 0.3) is 0 Å². The van der Waals surface area contributed by atoms with E-state index in [1.165, 1.54) is 0 Å². The zero-order valence-corrected chi connectivity index (χ0v) is 11.8. The standard InChI is InChI=1S/C15H20N2O3/c1-11(10-20-2)16-15(19)12-8-14(18)17(9-12)13-6-4-3-5-7-13/h3-7,11-12H,8-10H2,1-2H3,(H,16,19)/t11-,12+/m0/s1. The number of anilines is 1. The van der Waals surface area contributed by atoms with Gasteiger partial charge in [-0.3, -0.25) is 9.59 Å². The second-order valence-corrected chi connectivity index (χ2v) is 5.11. The fourth-order valence-corrected chi connectivity index (χ4v) is 2.39. The summed E-state index contributed by atoms with van der Waals surface area (Å²) < 4.78 is 4.99. The van der Waals surface area contributed by atoms with Crippen molar-refractivity contribution in [1.82, 2.24) is 5.32 Å². The fraction of sp³-hybridized carbons (Fsp3) is 0.467. The molecule has 2 atom stereocenters. The summed E-state index contributed by atoms with van der Waals surface area (Å²) in [6, 6.07) is 9.39. The Labute approximate surface area is 118 Å². The third-order valence-electron chi connectivity index (χ3n) is 3.37. The Kier molecular flexibility index (Phi) is 4.74. The number of para-hydroxylation sites is 1. The molecule has 0 bridgehead atoms. The van der Waals surface area contributed by atoms with Gasteiger partial charge in [0.05, 0.1) is 12.5 Å². The first kappa shape index (κ1) is 14.5. The molecule has 20 heavy (non-hydrogen) atoms. The van der Waals surface area contributed by atoms with E-state index in [0.717, 1.165) is 5.69 Å². The molecule has 0 aliphatic carbocycles. The predicted octanol–water partition coefficient (Wildman–Crippen LogP) is 1.19. The van der Waals surface area contributed by atoms with E-state index in [1.54, 1.807) is 12.0 Å². The van der Waals surface area contributed by atoms with Gasteiger partial charge in [0.2, 0.25) is 11.8 Å². The Balaban J connectivity index is 1.97. The molecule has 1 aliphatic rings. The van der Waals surface area contributed by atoms with Crippen LogP contribution < -0.4 is 10.2 Å². The topological polar surface area (TPSA) is 58.6 Å². The van der Waals surface area contributed by atoms with Crippen LogP contribution >= 0.6 is 0 Å². The van der Waals surface area contributed by atoms with Gasteiger partial charge >= 0.3 is 0 Å². The van der Waals surface area contributed by atoms with Gasteiger partial charge in [0, 0.05) is 31.8 Å². The van der Waals surface area contributed by atoms with Gasteiger partial charge in [0.15, 0.2) is 0 Å². The lowest BCUT2D eigenvalue weighted by atomic mass is 10.1. The summed E-state index contributed by atoms with van der Waals surface area (Å²) in [6.07, 6.45) is 0.264. The van der Waals surface area contributed by atoms with E-state index in [1.807, 2.05) is 37.3 Å². The third-order valence-corrected chi connectivity index (χ3v) is 3.37. The number of benzene rings is 1. The van der Waals surface area contributed by atoms with E-state index >= 15 is 0 Å². The quantitative estimate of drug-likeness (QED) is 0.879. The first-order chi connectivity index (χ1) is 9.61. The van der Waals surface area contributed by atoms with Crippen LogP contribution in [0.15, 0.2) is 30.3 Å². The lowest BCUT2D eigenvalue weighted by molar-refractivity contribution is -0.127. The van der Waals surface area contributed by atoms with Crippen molar-refractivity contribution < 1.29 is 14.3 Å². The Morgan fingerprint density at radius 2 is 2.15 bits per heavy atom. The van der Waals surface area contributed by atoms with Crippen molar-refractivity contribution in [3.8, 4) is 0 Å². The maximum absolute atomic E-state index is 12.1. The first-order valence-corrected chi connectivity index (χ1v) is 6.76. The van der Waals surface area contributed by atoms with Crippen molar-refractivity contribution in [2.45, 2.75) is 19.4 Å². The number of ether oxygens (including phenoxy) is 1. The number of nitrogens with one attached hydrogen (secondary N) is 1. The monoisotopic (exact) mass is 276 g/mol. The number of carbonyl (C=O) groups excluding carboxylic acids is 2. The minimum atomic E-state index is -0.290. The summed E-state index contributed by atoms with van der Waals surface area (Å²) in [5, 5.41) is 2.87. The Morgan fingerprint density at radius 1 is 1.45 bits per heavy atom. The van der Waals surface area contributed by atoms with Crippen LogP contribution in [0, 0.1) is 5.92 Å². The van der Waals surface area contributed by atoms with E-state index in [0.29, 0.717) is 13.2 Å². The molecule has 2 amide bonds. The van der Waals surface area contributed by atoms with Crippen LogP contribution in [0.25, 0.3) is 0 Å². The lowest BCUT2D eigenvalue weighted by Crippen LogP contribution is -2.40. The number of carbonyl (C=O) groups is 2. The minimum Gasteiger partial charge on any atom is -0.383 e. The van der Waals surface area contributed by atoms with Crippen molar-refractivity contribution in [3.05, 3.63) is 30.3 Å². The molecule has 1 aliphatic heterocycles. The van der Waals surface area contributed by atoms with Crippen LogP contribution in [0.2, 0.25) is 0 Å². The molecule has 1 aromatic rings. The molecule has 5 heteroatoms. The normalized spacial score (nSPS) is 20.0. The van der Waals surface area contributed by atoms with Gasteiger partial charge in [-0.25, -0.2) is 0 Å². The number of hydrogen-bond acceptors (Lipinski definition) is 3. The largest absolute Gasteiger partial charge is 0.383 e. The van der Waals surface area contributed by atoms with Crippen LogP contribution in [0.3, 0.4) is 0 Å². The van der Waals surface area contributed by atoms with Crippen LogP contribution in [0.4, 0.5) is 5.69 Å². The second kappa shape index (κ2) is 6.52. The smallest absolute Gasteiger partial charge is 0.227 e. The van der Waals surface area contributed by atoms with Crippen LogP contribution in [-0.2, 0) is 14.3 Å². The van der Waals surface area contributed by atoms with Gasteiger partial charge in [0.1, 0.15) is 0 Å². The van der Waals surface area contributed by atoms with E-state index in [2.05, 4.69) is 5.32 Å². The molecule has 0 aromatic heterocycles. The molecule has 2 rings (SSSR count). The Bertz CT molecular complexity index is 475. The second-order valence-electron chi connectivity index (χ2n) is 5.11. The summed E-state index contributed by atoms with van der Waals surface area (Å²) >= 11 is 0. The molecule has 1 fully saturated rings. The summed E-state index contributed by atoms with van der Waals surface area (Å²) in [7, 11) is 1.60. The van der Waals surface area contributed by atoms with E-state index < -0.39 is 0 Å². The fourth-order valence-electron chi connectivity index (χ4n) is 2.39. The number of rotatable bonds is 5. The van der Waals surface area contributed by atoms with Crippen LogP contribution in [0.1, 0.15) is 13.3 Å². The van der Waals surface area contributed by atoms with E-state index in [9.17, 15) is 9.59 Å². The summed E-state index contributed by atoms with van der Waals surface area (Å²) in [5.41, 5.74) is 0.845. The molecule has 0 saturated carbocycles. The maximum Gasteiger partial charge on any atom is 0.227 e. The van der Waals surface area contributed by atoms with Gasteiger partial charge in [-0.2, -0.15) is 0 Å². The number of methoxy groups -OCH3 is 1. The highest BCUT2D eigenvalue weighted by atomic mass is 16.5. The van der Waals surface area contributed by atoms with Gasteiger partial charge in [-0.15, -0.1) is 0 Å². The molecule has 1 N–H and O–H groups in total. The van der Waals surface area contributed by atoms with Crippen LogP contribution in [0.5, 0.6) is 0 Å². The van der Waals surface area contributed by atoms with Crippen molar-refractivity contribution in [2.24, 2.45) is 5.92 Å². The molecular weight excluding hydrogens is 256 g/mol. The number of hydrogen-bond donors (Lipinski definition) is 1. The average Bonchev–Trinajstić information content (AvgIpc) is 2.82. The molecule has 1 saturated heterocycles. The SMILES string of the molecule is COC[C@H](C)NC(=O)[C@@H]1CC(=O)N(c2ccccc2)C1. The molecule has 0 spiro atoms. The Morgan fingerprint density at radius 3 is 2.80 bits per heavy atom. The molecule has 0 unspecified atom stereocenters. The van der Waals surface area contributed by atoms with Crippen LogP contribution in [-0.4, -0.2) is 38.1 Å². The highest BCUT2D eigenvalue weighted by molar-refractivity contribution is 6.00. The summed E-state index contributed by atoms with van der Waals surface area (Å²) in [6.45, 7) is 2.79. The highest BCUT2D eigenvalue weighted by Crippen LogP contribution is 2.24.